The molecule has 2 aromatic heterocycles. The lowest BCUT2D eigenvalue weighted by Crippen LogP contribution is -2.16. The van der Waals surface area contributed by atoms with Gasteiger partial charge in [-0.25, -0.2) is 4.79 Å². The van der Waals surface area contributed by atoms with E-state index in [2.05, 4.69) is 48.1 Å². The van der Waals surface area contributed by atoms with Crippen LogP contribution in [0.5, 0.6) is 5.75 Å². The number of ether oxygens (including phenoxy) is 2. The Labute approximate surface area is 236 Å². The second-order valence-electron chi connectivity index (χ2n) is 8.86. The van der Waals surface area contributed by atoms with Crippen molar-refractivity contribution in [1.82, 2.24) is 14.8 Å². The number of thioether (sulfide) groups is 1. The minimum absolute atomic E-state index is 0.0754. The van der Waals surface area contributed by atoms with E-state index in [-0.39, 0.29) is 18.3 Å². The highest BCUT2D eigenvalue weighted by molar-refractivity contribution is 7.99. The lowest BCUT2D eigenvalue weighted by molar-refractivity contribution is -0.113. The van der Waals surface area contributed by atoms with Crippen LogP contribution in [0.1, 0.15) is 41.5 Å². The Balaban J connectivity index is 1.42. The number of rotatable bonds is 12. The zero-order valence-electron chi connectivity index (χ0n) is 22.0. The molecule has 0 radical (unpaired) electrons. The fraction of sp³-hybridized carbons (Fsp3) is 0.241. The highest BCUT2D eigenvalue weighted by atomic mass is 32.2. The maximum atomic E-state index is 12.9. The minimum atomic E-state index is -0.507. The van der Waals surface area contributed by atoms with E-state index in [1.165, 1.54) is 35.8 Å². The molecule has 0 fully saturated rings. The van der Waals surface area contributed by atoms with Gasteiger partial charge in [0.15, 0.2) is 11.0 Å². The quantitative estimate of drug-likeness (QED) is 0.121. The predicted octanol–water partition coefficient (Wildman–Crippen LogP) is 6.41. The van der Waals surface area contributed by atoms with Crippen molar-refractivity contribution in [1.29, 1.82) is 0 Å². The Morgan fingerprint density at radius 1 is 1.13 bits per heavy atom. The minimum Gasteiger partial charge on any atom is -0.486 e. The normalized spacial score (nSPS) is 10.9. The first-order valence-corrected chi connectivity index (χ1v) is 14.2. The maximum absolute atomic E-state index is 12.9. The second kappa shape index (κ2) is 13.3. The van der Waals surface area contributed by atoms with E-state index >= 15 is 0 Å². The molecule has 202 valence electrons. The van der Waals surface area contributed by atoms with Gasteiger partial charge in [0, 0.05) is 17.5 Å². The molecule has 0 aliphatic rings. The van der Waals surface area contributed by atoms with Gasteiger partial charge in [-0.1, -0.05) is 74.1 Å². The van der Waals surface area contributed by atoms with Crippen molar-refractivity contribution in [3.63, 3.8) is 0 Å². The number of amides is 1. The molecule has 0 aliphatic carbocycles. The van der Waals surface area contributed by atoms with Crippen molar-refractivity contribution in [3.8, 4) is 16.9 Å². The van der Waals surface area contributed by atoms with Crippen LogP contribution in [0, 0.1) is 0 Å². The van der Waals surface area contributed by atoms with E-state index in [0.717, 1.165) is 11.3 Å². The summed E-state index contributed by atoms with van der Waals surface area (Å²) >= 11 is 2.53. The van der Waals surface area contributed by atoms with Gasteiger partial charge >= 0.3 is 5.97 Å². The molecule has 0 saturated carbocycles. The Morgan fingerprint density at radius 3 is 2.54 bits per heavy atom. The zero-order chi connectivity index (χ0) is 27.8. The Hall–Kier alpha value is -3.89. The van der Waals surface area contributed by atoms with Crippen molar-refractivity contribution >= 4 is 40.0 Å². The van der Waals surface area contributed by atoms with E-state index in [4.69, 9.17) is 9.47 Å². The van der Waals surface area contributed by atoms with Crippen LogP contribution < -0.4 is 10.1 Å². The van der Waals surface area contributed by atoms with Crippen molar-refractivity contribution < 1.29 is 19.1 Å². The number of hydrogen-bond acceptors (Lipinski definition) is 8. The lowest BCUT2D eigenvalue weighted by Gasteiger charge is -2.11. The topological polar surface area (TPSA) is 95.3 Å². The molecule has 0 bridgehead atoms. The number of carbonyl (C=O) groups is 2. The number of hydrogen-bond donors (Lipinski definition) is 1. The summed E-state index contributed by atoms with van der Waals surface area (Å²) in [5.41, 5.74) is 3.16. The summed E-state index contributed by atoms with van der Waals surface area (Å²) in [5.74, 6) is 1.11. The zero-order valence-corrected chi connectivity index (χ0v) is 23.7. The molecule has 2 heterocycles. The van der Waals surface area contributed by atoms with E-state index in [9.17, 15) is 9.59 Å². The van der Waals surface area contributed by atoms with Crippen LogP contribution in [0.2, 0.25) is 0 Å². The van der Waals surface area contributed by atoms with Gasteiger partial charge in [-0.15, -0.1) is 28.1 Å². The number of anilines is 1. The van der Waals surface area contributed by atoms with Gasteiger partial charge in [0.1, 0.15) is 22.9 Å². The number of nitrogens with one attached hydrogen (secondary N) is 1. The highest BCUT2D eigenvalue weighted by Crippen LogP contribution is 2.36. The van der Waals surface area contributed by atoms with Gasteiger partial charge in [-0.3, -0.25) is 9.36 Å². The fourth-order valence-electron chi connectivity index (χ4n) is 3.82. The first-order valence-electron chi connectivity index (χ1n) is 12.3. The van der Waals surface area contributed by atoms with Crippen molar-refractivity contribution in [3.05, 3.63) is 89.6 Å². The van der Waals surface area contributed by atoms with Crippen molar-refractivity contribution in [2.24, 2.45) is 0 Å². The van der Waals surface area contributed by atoms with Crippen LogP contribution >= 0.6 is 23.1 Å². The molecule has 0 aliphatic heterocycles. The molecule has 1 N–H and O–H groups in total. The molecular formula is C29H30N4O4S2. The fourth-order valence-corrected chi connectivity index (χ4v) is 5.56. The summed E-state index contributed by atoms with van der Waals surface area (Å²) in [7, 11) is 1.32. The summed E-state index contributed by atoms with van der Waals surface area (Å²) in [6.45, 7) is 8.82. The highest BCUT2D eigenvalue weighted by Gasteiger charge is 2.23. The van der Waals surface area contributed by atoms with Crippen LogP contribution in [0.25, 0.3) is 11.1 Å². The molecule has 4 aromatic rings. The third kappa shape index (κ3) is 6.96. The lowest BCUT2D eigenvalue weighted by atomic mass is 10.0. The van der Waals surface area contributed by atoms with Crippen LogP contribution in [0.3, 0.4) is 0 Å². The third-order valence-electron chi connectivity index (χ3n) is 5.87. The van der Waals surface area contributed by atoms with Gasteiger partial charge in [0.25, 0.3) is 0 Å². The van der Waals surface area contributed by atoms with Crippen LogP contribution in [0.4, 0.5) is 5.00 Å². The molecule has 2 aromatic carbocycles. The Morgan fingerprint density at radius 2 is 1.87 bits per heavy atom. The molecule has 0 unspecified atom stereocenters. The molecule has 39 heavy (non-hydrogen) atoms. The number of allylic oxidation sites excluding steroid dienone is 1. The standard InChI is InChI=1S/C29H30N4O4S2/c1-5-15-33-24(16-37-22-13-11-20(12-14-22)19(2)3)31-32-29(33)39-18-25(34)30-27-26(28(35)36-4)23(17-38-27)21-9-7-6-8-10-21/h5-14,17,19H,1,15-16,18H2,2-4H3,(H,30,34). The van der Waals surface area contributed by atoms with Gasteiger partial charge in [0.05, 0.1) is 12.9 Å². The maximum Gasteiger partial charge on any atom is 0.341 e. The van der Waals surface area contributed by atoms with E-state index < -0.39 is 5.97 Å². The first-order chi connectivity index (χ1) is 18.9. The summed E-state index contributed by atoms with van der Waals surface area (Å²) in [6.07, 6.45) is 1.74. The Kier molecular flexibility index (Phi) is 9.56. The SMILES string of the molecule is C=CCn1c(COc2ccc(C(C)C)cc2)nnc1SCC(=O)Nc1scc(-c2ccccc2)c1C(=O)OC. The first kappa shape index (κ1) is 28.1. The number of benzene rings is 2. The molecule has 8 nitrogen and oxygen atoms in total. The van der Waals surface area contributed by atoms with Crippen LogP contribution in [-0.4, -0.2) is 39.5 Å². The number of thiophene rings is 1. The monoisotopic (exact) mass is 562 g/mol. The number of esters is 1. The van der Waals surface area contributed by atoms with Crippen LogP contribution in [0.15, 0.2) is 77.8 Å². The molecule has 1 amide bonds. The average molecular weight is 563 g/mol. The molecule has 0 saturated heterocycles. The van der Waals surface area contributed by atoms with E-state index in [1.54, 1.807) is 6.08 Å². The number of carbonyl (C=O) groups excluding carboxylic acids is 2. The number of aromatic nitrogens is 3. The summed E-state index contributed by atoms with van der Waals surface area (Å²) in [5, 5.41) is 14.2. The van der Waals surface area contributed by atoms with E-state index in [0.29, 0.717) is 39.6 Å². The van der Waals surface area contributed by atoms with Gasteiger partial charge < -0.3 is 14.8 Å². The molecule has 4 rings (SSSR count). The average Bonchev–Trinajstić information content (AvgIpc) is 3.55. The number of methoxy groups -OCH3 is 1. The van der Waals surface area contributed by atoms with Crippen molar-refractivity contribution in [2.75, 3.05) is 18.2 Å². The third-order valence-corrected chi connectivity index (χ3v) is 7.73. The predicted molar refractivity (Wildman–Crippen MR) is 156 cm³/mol. The van der Waals surface area contributed by atoms with Crippen molar-refractivity contribution in [2.45, 2.75) is 38.1 Å². The summed E-state index contributed by atoms with van der Waals surface area (Å²) < 4.78 is 12.8. The van der Waals surface area contributed by atoms with Gasteiger partial charge in [-0.05, 0) is 29.2 Å². The van der Waals surface area contributed by atoms with E-state index in [1.807, 2.05) is 52.4 Å². The molecule has 0 spiro atoms. The summed E-state index contributed by atoms with van der Waals surface area (Å²) in [4.78, 5) is 25.4. The summed E-state index contributed by atoms with van der Waals surface area (Å²) in [6, 6.07) is 17.5. The smallest absolute Gasteiger partial charge is 0.341 e. The number of nitrogens with zero attached hydrogens (tertiary/aromatic N) is 3. The largest absolute Gasteiger partial charge is 0.486 e. The second-order valence-corrected chi connectivity index (χ2v) is 10.7. The van der Waals surface area contributed by atoms with Gasteiger partial charge in [-0.2, -0.15) is 0 Å². The Bertz CT molecular complexity index is 1430. The molecule has 0 atom stereocenters. The van der Waals surface area contributed by atoms with Crippen LogP contribution in [-0.2, 0) is 22.7 Å². The molecule has 10 heteroatoms. The molecular weight excluding hydrogens is 532 g/mol. The van der Waals surface area contributed by atoms with Gasteiger partial charge in [0.2, 0.25) is 5.91 Å².